The summed E-state index contributed by atoms with van der Waals surface area (Å²) in [7, 11) is -3.20. The van der Waals surface area contributed by atoms with Gasteiger partial charge in [0.1, 0.15) is 0 Å². The number of hydrogen-bond acceptors (Lipinski definition) is 4. The minimum atomic E-state index is -3.20. The molecule has 2 bridgehead atoms. The second kappa shape index (κ2) is 6.18. The molecule has 0 aromatic rings. The van der Waals surface area contributed by atoms with E-state index in [9.17, 15) is 18.0 Å². The second-order valence-electron chi connectivity index (χ2n) is 5.64. The van der Waals surface area contributed by atoms with E-state index in [1.54, 1.807) is 4.90 Å². The van der Waals surface area contributed by atoms with Gasteiger partial charge in [-0.1, -0.05) is 0 Å². The third kappa shape index (κ3) is 3.85. The Balaban J connectivity index is 1.76. The van der Waals surface area contributed by atoms with Crippen molar-refractivity contribution in [2.45, 2.75) is 37.8 Å². The van der Waals surface area contributed by atoms with Crippen molar-refractivity contribution in [1.29, 1.82) is 0 Å². The molecule has 2 rings (SSSR count). The molecule has 3 unspecified atom stereocenters. The highest BCUT2D eigenvalue weighted by molar-refractivity contribution is 7.88. The van der Waals surface area contributed by atoms with E-state index in [0.717, 1.165) is 19.1 Å². The Hall–Kier alpha value is -1.35. The van der Waals surface area contributed by atoms with Gasteiger partial charge in [-0.2, -0.15) is 0 Å². The molecule has 2 aliphatic heterocycles. The molecule has 2 amide bonds. The van der Waals surface area contributed by atoms with Gasteiger partial charge in [0, 0.05) is 25.2 Å². The Kier molecular flexibility index (Phi) is 4.72. The summed E-state index contributed by atoms with van der Waals surface area (Å²) in [6.07, 6.45) is 3.70. The fourth-order valence-corrected chi connectivity index (χ4v) is 3.72. The number of carboxylic acids is 1. The maximum Gasteiger partial charge on any atom is 0.317 e. The molecule has 2 saturated heterocycles. The van der Waals surface area contributed by atoms with Gasteiger partial charge in [-0.15, -0.1) is 0 Å². The monoisotopic (exact) mass is 319 g/mol. The van der Waals surface area contributed by atoms with Gasteiger partial charge in [-0.25, -0.2) is 17.9 Å². The van der Waals surface area contributed by atoms with Gasteiger partial charge < -0.3 is 15.3 Å². The predicted octanol–water partition coefficient (Wildman–Crippen LogP) is -0.427. The molecular formula is C12H21N3O5S. The number of urea groups is 1. The lowest BCUT2D eigenvalue weighted by Gasteiger charge is -2.23. The molecule has 2 fully saturated rings. The van der Waals surface area contributed by atoms with Crippen LogP contribution in [0.1, 0.15) is 25.7 Å². The Labute approximate surface area is 123 Å². The van der Waals surface area contributed by atoms with Crippen molar-refractivity contribution in [2.75, 3.05) is 19.3 Å². The number of fused-ring (bicyclic) bond motifs is 2. The normalized spacial score (nSPS) is 27.9. The molecule has 0 aliphatic carbocycles. The van der Waals surface area contributed by atoms with Crippen LogP contribution in [0.3, 0.4) is 0 Å². The predicted molar refractivity (Wildman–Crippen MR) is 75.3 cm³/mol. The zero-order valence-electron chi connectivity index (χ0n) is 11.9. The number of carboxylic acid groups (broad SMARTS) is 1. The van der Waals surface area contributed by atoms with Crippen molar-refractivity contribution in [1.82, 2.24) is 14.9 Å². The highest BCUT2D eigenvalue weighted by Gasteiger charge is 2.51. The number of amides is 2. The fourth-order valence-electron chi connectivity index (χ4n) is 3.20. The third-order valence-electron chi connectivity index (χ3n) is 4.08. The summed E-state index contributed by atoms with van der Waals surface area (Å²) in [4.78, 5) is 24.9. The first-order valence-corrected chi connectivity index (χ1v) is 8.92. The first-order chi connectivity index (χ1) is 9.79. The van der Waals surface area contributed by atoms with E-state index < -0.39 is 21.9 Å². The minimum Gasteiger partial charge on any atom is -0.481 e. The minimum absolute atomic E-state index is 0.0187. The van der Waals surface area contributed by atoms with Gasteiger partial charge >= 0.3 is 12.0 Å². The van der Waals surface area contributed by atoms with Crippen LogP contribution in [0.25, 0.3) is 0 Å². The summed E-state index contributed by atoms with van der Waals surface area (Å²) in [5, 5.41) is 11.9. The number of nitrogens with one attached hydrogen (secondary N) is 2. The zero-order valence-corrected chi connectivity index (χ0v) is 12.7. The van der Waals surface area contributed by atoms with Crippen LogP contribution < -0.4 is 10.0 Å². The van der Waals surface area contributed by atoms with Crippen LogP contribution in [-0.2, 0) is 14.8 Å². The van der Waals surface area contributed by atoms with Gasteiger partial charge in [-0.3, -0.25) is 4.79 Å². The lowest BCUT2D eigenvalue weighted by atomic mass is 9.89. The van der Waals surface area contributed by atoms with Crippen molar-refractivity contribution in [3.63, 3.8) is 0 Å². The van der Waals surface area contributed by atoms with Crippen molar-refractivity contribution in [2.24, 2.45) is 5.92 Å². The highest BCUT2D eigenvalue weighted by Crippen LogP contribution is 2.41. The van der Waals surface area contributed by atoms with E-state index in [0.29, 0.717) is 19.4 Å². The number of sulfonamides is 1. The number of carbonyl (C=O) groups is 2. The smallest absolute Gasteiger partial charge is 0.317 e. The molecule has 9 heteroatoms. The molecule has 0 aromatic carbocycles. The number of rotatable bonds is 6. The topological polar surface area (TPSA) is 116 Å². The van der Waals surface area contributed by atoms with Crippen LogP contribution in [0.15, 0.2) is 0 Å². The average Bonchev–Trinajstić information content (AvgIpc) is 2.94. The van der Waals surface area contributed by atoms with Crippen molar-refractivity contribution >= 4 is 22.0 Å². The molecule has 3 atom stereocenters. The lowest BCUT2D eigenvalue weighted by molar-refractivity contribution is -0.142. The molecule has 3 N–H and O–H groups in total. The third-order valence-corrected chi connectivity index (χ3v) is 4.81. The van der Waals surface area contributed by atoms with Crippen LogP contribution >= 0.6 is 0 Å². The standard InChI is InChI=1S/C12H21N3O5S/c1-21(19,20)14-6-2-5-13-12(18)15-8-3-4-10(15)9(7-8)11(16)17/h8-10,14H,2-7H2,1H3,(H,13,18)(H,16,17). The van der Waals surface area contributed by atoms with Crippen LogP contribution in [0, 0.1) is 5.92 Å². The van der Waals surface area contributed by atoms with E-state index >= 15 is 0 Å². The summed E-state index contributed by atoms with van der Waals surface area (Å²) in [6, 6.07) is -0.433. The van der Waals surface area contributed by atoms with Crippen LogP contribution in [0.5, 0.6) is 0 Å². The average molecular weight is 319 g/mol. The summed E-state index contributed by atoms with van der Waals surface area (Å²) < 4.78 is 24.1. The van der Waals surface area contributed by atoms with Gasteiger partial charge in [-0.05, 0) is 25.7 Å². The Bertz CT molecular complexity index is 521. The van der Waals surface area contributed by atoms with Gasteiger partial charge in [0.15, 0.2) is 0 Å². The maximum absolute atomic E-state index is 12.1. The molecule has 0 aromatic heterocycles. The second-order valence-corrected chi connectivity index (χ2v) is 7.47. The fraction of sp³-hybridized carbons (Fsp3) is 0.833. The molecule has 2 aliphatic rings. The SMILES string of the molecule is CS(=O)(=O)NCCCNC(=O)N1C2CCC1C(C(=O)O)C2. The van der Waals surface area contributed by atoms with Crippen molar-refractivity contribution in [3.05, 3.63) is 0 Å². The maximum atomic E-state index is 12.1. The van der Waals surface area contributed by atoms with Crippen molar-refractivity contribution < 1.29 is 23.1 Å². The van der Waals surface area contributed by atoms with Gasteiger partial charge in [0.05, 0.1) is 12.2 Å². The molecular weight excluding hydrogens is 298 g/mol. The van der Waals surface area contributed by atoms with Gasteiger partial charge in [0.25, 0.3) is 0 Å². The van der Waals surface area contributed by atoms with Crippen LogP contribution in [-0.4, -0.2) is 61.9 Å². The zero-order chi connectivity index (χ0) is 15.6. The highest BCUT2D eigenvalue weighted by atomic mass is 32.2. The largest absolute Gasteiger partial charge is 0.481 e. The lowest BCUT2D eigenvalue weighted by Crippen LogP contribution is -2.44. The van der Waals surface area contributed by atoms with E-state index in [1.165, 1.54) is 0 Å². The quantitative estimate of drug-likeness (QED) is 0.575. The molecule has 120 valence electrons. The van der Waals surface area contributed by atoms with E-state index in [1.807, 2.05) is 0 Å². The Morgan fingerprint density at radius 3 is 2.57 bits per heavy atom. The van der Waals surface area contributed by atoms with Crippen LogP contribution in [0.2, 0.25) is 0 Å². The number of nitrogens with zero attached hydrogens (tertiary/aromatic N) is 1. The number of hydrogen-bond donors (Lipinski definition) is 3. The Morgan fingerprint density at radius 1 is 1.29 bits per heavy atom. The Morgan fingerprint density at radius 2 is 2.00 bits per heavy atom. The van der Waals surface area contributed by atoms with E-state index in [4.69, 9.17) is 5.11 Å². The molecule has 0 radical (unpaired) electrons. The van der Waals surface area contributed by atoms with E-state index in [-0.39, 0.29) is 24.7 Å². The summed E-state index contributed by atoms with van der Waals surface area (Å²) >= 11 is 0. The number of aliphatic carboxylic acids is 1. The molecule has 2 heterocycles. The summed E-state index contributed by atoms with van der Waals surface area (Å²) in [6.45, 7) is 0.624. The number of carbonyl (C=O) groups excluding carboxylic acids is 1. The summed E-state index contributed by atoms with van der Waals surface area (Å²) in [5.74, 6) is -1.29. The molecule has 21 heavy (non-hydrogen) atoms. The van der Waals surface area contributed by atoms with Crippen molar-refractivity contribution in [3.8, 4) is 0 Å². The van der Waals surface area contributed by atoms with Gasteiger partial charge in [0.2, 0.25) is 10.0 Å². The van der Waals surface area contributed by atoms with E-state index in [2.05, 4.69) is 10.0 Å². The molecule has 8 nitrogen and oxygen atoms in total. The van der Waals surface area contributed by atoms with Crippen LogP contribution in [0.4, 0.5) is 4.79 Å². The molecule has 0 spiro atoms. The summed E-state index contributed by atoms with van der Waals surface area (Å²) in [5.41, 5.74) is 0. The first kappa shape index (κ1) is 16.0. The molecule has 0 saturated carbocycles. The first-order valence-electron chi connectivity index (χ1n) is 7.03.